The van der Waals surface area contributed by atoms with E-state index < -0.39 is 8.32 Å². The Bertz CT molecular complexity index is 303. The van der Waals surface area contributed by atoms with E-state index in [1.54, 1.807) is 0 Å². The van der Waals surface area contributed by atoms with Crippen LogP contribution in [0.2, 0.25) is 13.1 Å². The number of benzene rings is 1. The molecule has 0 fully saturated rings. The molecule has 0 unspecified atom stereocenters. The van der Waals surface area contributed by atoms with Gasteiger partial charge in [-0.3, -0.25) is 0 Å². The zero-order valence-corrected chi connectivity index (χ0v) is 12.0. The van der Waals surface area contributed by atoms with Crippen LogP contribution in [-0.4, -0.2) is 14.9 Å². The quantitative estimate of drug-likeness (QED) is 0.687. The molecule has 1 nitrogen and oxygen atoms in total. The minimum absolute atomic E-state index is 0.816. The molecule has 1 aromatic carbocycles. The van der Waals surface area contributed by atoms with E-state index in [0.717, 1.165) is 6.61 Å². The third-order valence-corrected chi connectivity index (χ3v) is 5.71. The van der Waals surface area contributed by atoms with E-state index in [0.29, 0.717) is 0 Å². The molecule has 0 bridgehead atoms. The summed E-state index contributed by atoms with van der Waals surface area (Å²) in [6.07, 6.45) is 3.75. The molecule has 0 spiro atoms. The highest BCUT2D eigenvalue weighted by molar-refractivity contribution is 6.84. The molecule has 0 N–H and O–H groups in total. The Morgan fingerprint density at radius 3 is 2.19 bits per heavy atom. The number of unbranched alkanes of at least 4 members (excludes halogenated alkanes) is 1. The zero-order valence-electron chi connectivity index (χ0n) is 11.0. The van der Waals surface area contributed by atoms with Crippen molar-refractivity contribution in [1.29, 1.82) is 0 Å². The molecular formula is C14H24OSi. The van der Waals surface area contributed by atoms with Crippen LogP contribution < -0.4 is 5.19 Å². The Morgan fingerprint density at radius 2 is 1.69 bits per heavy atom. The molecule has 1 rings (SSSR count). The van der Waals surface area contributed by atoms with Gasteiger partial charge in [-0.05, 0) is 43.6 Å². The summed E-state index contributed by atoms with van der Waals surface area (Å²) in [7, 11) is -1.63. The Balaban J connectivity index is 2.70. The number of hydrogen-bond acceptors (Lipinski definition) is 1. The third-order valence-electron chi connectivity index (χ3n) is 2.97. The maximum Gasteiger partial charge on any atom is 0.218 e. The van der Waals surface area contributed by atoms with Gasteiger partial charge < -0.3 is 4.43 Å². The topological polar surface area (TPSA) is 9.23 Å². The van der Waals surface area contributed by atoms with Crippen LogP contribution in [0.3, 0.4) is 0 Å². The number of hydrogen-bond donors (Lipinski definition) is 0. The van der Waals surface area contributed by atoms with E-state index in [4.69, 9.17) is 4.43 Å². The normalized spacial score (nSPS) is 11.8. The molecule has 0 radical (unpaired) electrons. The van der Waals surface area contributed by atoms with E-state index in [2.05, 4.69) is 51.2 Å². The van der Waals surface area contributed by atoms with E-state index in [9.17, 15) is 0 Å². The van der Waals surface area contributed by atoms with E-state index >= 15 is 0 Å². The molecule has 0 atom stereocenters. The standard InChI is InChI=1S/C14H24OSi/c1-5-7-8-13-9-11-14(12-10-13)16(3,4)15-6-2/h9-12H,5-8H2,1-4H3. The summed E-state index contributed by atoms with van der Waals surface area (Å²) < 4.78 is 5.88. The van der Waals surface area contributed by atoms with Crippen molar-refractivity contribution >= 4 is 13.5 Å². The highest BCUT2D eigenvalue weighted by Gasteiger charge is 2.24. The van der Waals surface area contributed by atoms with Gasteiger partial charge >= 0.3 is 0 Å². The average Bonchev–Trinajstić information content (AvgIpc) is 2.27. The van der Waals surface area contributed by atoms with Crippen LogP contribution in [0.15, 0.2) is 24.3 Å². The summed E-state index contributed by atoms with van der Waals surface area (Å²) in [5.74, 6) is 0. The van der Waals surface area contributed by atoms with Crippen LogP contribution >= 0.6 is 0 Å². The van der Waals surface area contributed by atoms with Crippen molar-refractivity contribution in [1.82, 2.24) is 0 Å². The summed E-state index contributed by atoms with van der Waals surface area (Å²) in [4.78, 5) is 0. The van der Waals surface area contributed by atoms with Gasteiger partial charge in [0.2, 0.25) is 8.32 Å². The molecule has 0 aromatic heterocycles. The van der Waals surface area contributed by atoms with Gasteiger partial charge in [0, 0.05) is 6.61 Å². The lowest BCUT2D eigenvalue weighted by molar-refractivity contribution is 0.339. The molecule has 0 heterocycles. The Labute approximate surface area is 101 Å². The summed E-state index contributed by atoms with van der Waals surface area (Å²) in [5, 5.41) is 1.40. The van der Waals surface area contributed by atoms with Gasteiger partial charge in [0.1, 0.15) is 0 Å². The van der Waals surface area contributed by atoms with Gasteiger partial charge in [0.25, 0.3) is 0 Å². The third kappa shape index (κ3) is 3.76. The summed E-state index contributed by atoms with van der Waals surface area (Å²) >= 11 is 0. The lowest BCUT2D eigenvalue weighted by Crippen LogP contribution is -2.44. The predicted molar refractivity (Wildman–Crippen MR) is 73.8 cm³/mol. The van der Waals surface area contributed by atoms with Crippen LogP contribution in [0, 0.1) is 0 Å². The molecular weight excluding hydrogens is 212 g/mol. The molecule has 0 amide bonds. The first kappa shape index (κ1) is 13.5. The largest absolute Gasteiger partial charge is 0.413 e. The van der Waals surface area contributed by atoms with Gasteiger partial charge in [-0.25, -0.2) is 0 Å². The highest BCUT2D eigenvalue weighted by Crippen LogP contribution is 2.08. The molecule has 0 aliphatic carbocycles. The second kappa shape index (κ2) is 6.21. The fraction of sp³-hybridized carbons (Fsp3) is 0.571. The lowest BCUT2D eigenvalue weighted by Gasteiger charge is -2.22. The first-order valence-electron chi connectivity index (χ1n) is 6.33. The van der Waals surface area contributed by atoms with Crippen LogP contribution in [0.25, 0.3) is 0 Å². The monoisotopic (exact) mass is 236 g/mol. The van der Waals surface area contributed by atoms with Crippen LogP contribution in [0.4, 0.5) is 0 Å². The molecule has 0 saturated carbocycles. The smallest absolute Gasteiger partial charge is 0.218 e. The Morgan fingerprint density at radius 1 is 1.06 bits per heavy atom. The van der Waals surface area contributed by atoms with Crippen molar-refractivity contribution < 1.29 is 4.43 Å². The molecule has 16 heavy (non-hydrogen) atoms. The minimum atomic E-state index is -1.63. The van der Waals surface area contributed by atoms with Gasteiger partial charge in [0.15, 0.2) is 0 Å². The first-order chi connectivity index (χ1) is 7.60. The Hall–Kier alpha value is -0.603. The van der Waals surface area contributed by atoms with Crippen molar-refractivity contribution in [2.75, 3.05) is 6.61 Å². The van der Waals surface area contributed by atoms with Crippen molar-refractivity contribution in [3.8, 4) is 0 Å². The molecule has 1 aromatic rings. The van der Waals surface area contributed by atoms with Crippen molar-refractivity contribution in [2.45, 2.75) is 46.2 Å². The van der Waals surface area contributed by atoms with Gasteiger partial charge in [0.05, 0.1) is 0 Å². The predicted octanol–water partition coefficient (Wildman–Crippen LogP) is 3.48. The average molecular weight is 236 g/mol. The fourth-order valence-corrected chi connectivity index (χ4v) is 3.76. The first-order valence-corrected chi connectivity index (χ1v) is 9.24. The lowest BCUT2D eigenvalue weighted by atomic mass is 10.1. The molecule has 90 valence electrons. The van der Waals surface area contributed by atoms with Crippen LogP contribution in [0.5, 0.6) is 0 Å². The van der Waals surface area contributed by atoms with Crippen LogP contribution in [0.1, 0.15) is 32.3 Å². The molecule has 0 aliphatic rings. The maximum atomic E-state index is 5.88. The van der Waals surface area contributed by atoms with Gasteiger partial charge in [-0.2, -0.15) is 0 Å². The second-order valence-corrected chi connectivity index (χ2v) is 8.63. The molecule has 0 saturated heterocycles. The number of rotatable bonds is 6. The summed E-state index contributed by atoms with van der Waals surface area (Å²) in [6.45, 7) is 9.65. The fourth-order valence-electron chi connectivity index (χ4n) is 1.90. The van der Waals surface area contributed by atoms with Gasteiger partial charge in [-0.15, -0.1) is 0 Å². The Kier molecular flexibility index (Phi) is 5.23. The maximum absolute atomic E-state index is 5.88. The second-order valence-electron chi connectivity index (χ2n) is 4.74. The number of aryl methyl sites for hydroxylation is 1. The summed E-state index contributed by atoms with van der Waals surface area (Å²) in [5.41, 5.74) is 1.45. The van der Waals surface area contributed by atoms with Crippen molar-refractivity contribution in [2.24, 2.45) is 0 Å². The van der Waals surface area contributed by atoms with Crippen LogP contribution in [-0.2, 0) is 10.8 Å². The van der Waals surface area contributed by atoms with Gasteiger partial charge in [-0.1, -0.05) is 37.6 Å². The SMILES string of the molecule is CCCCc1ccc([Si](C)(C)OCC)cc1. The van der Waals surface area contributed by atoms with E-state index in [1.807, 2.05) is 0 Å². The van der Waals surface area contributed by atoms with E-state index in [-0.39, 0.29) is 0 Å². The van der Waals surface area contributed by atoms with E-state index in [1.165, 1.54) is 30.0 Å². The molecule has 0 aliphatic heterocycles. The molecule has 2 heteroatoms. The highest BCUT2D eigenvalue weighted by atomic mass is 28.4. The van der Waals surface area contributed by atoms with Crippen molar-refractivity contribution in [3.63, 3.8) is 0 Å². The summed E-state index contributed by atoms with van der Waals surface area (Å²) in [6, 6.07) is 9.04. The minimum Gasteiger partial charge on any atom is -0.413 e. The van der Waals surface area contributed by atoms with Crippen molar-refractivity contribution in [3.05, 3.63) is 29.8 Å². The zero-order chi connectivity index (χ0) is 12.0.